The Morgan fingerprint density at radius 2 is 1.24 bits per heavy atom. The van der Waals surface area contributed by atoms with Gasteiger partial charge in [-0.1, -0.05) is 156 Å². The zero-order valence-electron chi connectivity index (χ0n) is 24.6. The molecule has 0 saturated heterocycles. The van der Waals surface area contributed by atoms with E-state index in [-0.39, 0.29) is 5.16 Å². The topological polar surface area (TPSA) is 40.5 Å². The lowest BCUT2D eigenvalue weighted by Gasteiger charge is -2.36. The number of phenols is 1. The van der Waals surface area contributed by atoms with Gasteiger partial charge in [-0.25, -0.2) is 0 Å². The Labute approximate surface area is 252 Å². The number of benzene rings is 5. The summed E-state index contributed by atoms with van der Waals surface area (Å²) in [5, 5.41) is 24.4. The molecular weight excluding hydrogens is 531 g/mol. The molecule has 0 bridgehead atoms. The summed E-state index contributed by atoms with van der Waals surface area (Å²) in [6, 6.07) is 43.6. The first-order valence-electron chi connectivity index (χ1n) is 15.1. The van der Waals surface area contributed by atoms with Crippen molar-refractivity contribution in [3.8, 4) is 5.75 Å². The molecule has 0 spiro atoms. The molecule has 42 heavy (non-hydrogen) atoms. The molecule has 2 N–H and O–H groups in total. The molecule has 0 heterocycles. The highest BCUT2D eigenvalue weighted by molar-refractivity contribution is 7.48. The molecule has 214 valence electrons. The normalized spacial score (nSPS) is 13.7. The van der Waals surface area contributed by atoms with Crippen molar-refractivity contribution < 1.29 is 10.2 Å². The predicted octanol–water partition coefficient (Wildman–Crippen LogP) is 9.06. The Morgan fingerprint density at radius 1 is 0.667 bits per heavy atom. The van der Waals surface area contributed by atoms with Gasteiger partial charge >= 0.3 is 0 Å². The van der Waals surface area contributed by atoms with E-state index in [1.54, 1.807) is 0 Å². The van der Waals surface area contributed by atoms with Crippen molar-refractivity contribution in [2.45, 2.75) is 57.2 Å². The van der Waals surface area contributed by atoms with E-state index in [2.05, 4.69) is 98.8 Å². The number of aromatic hydroxyl groups is 1. The molecule has 2 nitrogen and oxygen atoms in total. The van der Waals surface area contributed by atoms with Crippen molar-refractivity contribution in [3.63, 3.8) is 0 Å². The van der Waals surface area contributed by atoms with Gasteiger partial charge < -0.3 is 10.2 Å². The Kier molecular flexibility index (Phi) is 9.90. The fourth-order valence-corrected chi connectivity index (χ4v) is 8.01. The molecule has 0 aliphatic heterocycles. The highest BCUT2D eigenvalue weighted by Crippen LogP contribution is 2.52. The molecule has 5 aromatic carbocycles. The highest BCUT2D eigenvalue weighted by Gasteiger charge is 2.35. The van der Waals surface area contributed by atoms with Gasteiger partial charge in [-0.15, -0.1) is 0 Å². The number of rotatable bonds is 12. The van der Waals surface area contributed by atoms with Crippen LogP contribution in [-0.4, -0.2) is 10.2 Å². The van der Waals surface area contributed by atoms with Crippen LogP contribution in [0.4, 0.5) is 0 Å². The van der Waals surface area contributed by atoms with E-state index >= 15 is 0 Å². The second-order valence-corrected chi connectivity index (χ2v) is 12.9. The van der Waals surface area contributed by atoms with Crippen molar-refractivity contribution >= 4 is 13.9 Å². The lowest BCUT2D eigenvalue weighted by atomic mass is 9.85. The standard InChI is InChI=1S/C39H41O2P/c1-3-24-39(4-2,42-36-23-15-14-22-34(36)37(40)32-20-12-7-13-21-32)35-28-31(25-29-16-8-5-9-17-29)27-33(38(35)41)26-30-18-10-6-11-19-30/h5-23,27-28,37,40-42H,3-4,24-26H2,1-2H3. The second kappa shape index (κ2) is 14.0. The molecule has 0 aliphatic rings. The van der Waals surface area contributed by atoms with Gasteiger partial charge in [-0.3, -0.25) is 0 Å². The third-order valence-electron chi connectivity index (χ3n) is 8.28. The van der Waals surface area contributed by atoms with E-state index in [1.807, 2.05) is 42.5 Å². The van der Waals surface area contributed by atoms with Gasteiger partial charge in [0.15, 0.2) is 0 Å². The minimum absolute atomic E-state index is 0.260. The Morgan fingerprint density at radius 3 is 1.86 bits per heavy atom. The van der Waals surface area contributed by atoms with E-state index in [0.29, 0.717) is 20.8 Å². The first kappa shape index (κ1) is 29.8. The van der Waals surface area contributed by atoms with Crippen LogP contribution in [-0.2, 0) is 18.0 Å². The lowest BCUT2D eigenvalue weighted by Crippen LogP contribution is -2.25. The minimum atomic E-state index is -0.697. The quantitative estimate of drug-likeness (QED) is 0.146. The zero-order valence-corrected chi connectivity index (χ0v) is 25.6. The average Bonchev–Trinajstić information content (AvgIpc) is 3.03. The maximum Gasteiger partial charge on any atom is 0.123 e. The number of aliphatic hydroxyl groups excluding tert-OH is 1. The van der Waals surface area contributed by atoms with Crippen LogP contribution in [0.1, 0.15) is 78.2 Å². The van der Waals surface area contributed by atoms with E-state index in [0.717, 1.165) is 53.2 Å². The van der Waals surface area contributed by atoms with E-state index in [9.17, 15) is 10.2 Å². The summed E-state index contributed by atoms with van der Waals surface area (Å²) < 4.78 is 0. The van der Waals surface area contributed by atoms with Crippen molar-refractivity contribution in [1.82, 2.24) is 0 Å². The van der Waals surface area contributed by atoms with Crippen molar-refractivity contribution in [2.75, 3.05) is 0 Å². The first-order valence-corrected chi connectivity index (χ1v) is 16.1. The molecule has 3 unspecified atom stereocenters. The maximum atomic E-state index is 12.0. The summed E-state index contributed by atoms with van der Waals surface area (Å²) in [4.78, 5) is 0. The van der Waals surface area contributed by atoms with Gasteiger partial charge in [0.05, 0.1) is 0 Å². The predicted molar refractivity (Wildman–Crippen MR) is 178 cm³/mol. The molecule has 5 aromatic rings. The monoisotopic (exact) mass is 572 g/mol. The molecule has 5 rings (SSSR count). The smallest absolute Gasteiger partial charge is 0.123 e. The molecule has 0 amide bonds. The number of hydrogen-bond donors (Lipinski definition) is 2. The van der Waals surface area contributed by atoms with Crippen LogP contribution in [0.3, 0.4) is 0 Å². The molecule has 0 saturated carbocycles. The summed E-state index contributed by atoms with van der Waals surface area (Å²) >= 11 is 0. The molecule has 3 heteroatoms. The minimum Gasteiger partial charge on any atom is -0.507 e. The Balaban J connectivity index is 1.62. The van der Waals surface area contributed by atoms with Gasteiger partial charge in [-0.2, -0.15) is 0 Å². The van der Waals surface area contributed by atoms with Gasteiger partial charge in [-0.05, 0) is 57.9 Å². The zero-order chi connectivity index (χ0) is 29.4. The van der Waals surface area contributed by atoms with Crippen molar-refractivity contribution in [3.05, 3.63) is 166 Å². The van der Waals surface area contributed by atoms with Crippen LogP contribution in [0.2, 0.25) is 0 Å². The van der Waals surface area contributed by atoms with Crippen LogP contribution in [0.5, 0.6) is 5.75 Å². The van der Waals surface area contributed by atoms with E-state index < -0.39 is 6.10 Å². The van der Waals surface area contributed by atoms with Crippen LogP contribution in [0.25, 0.3) is 0 Å². The van der Waals surface area contributed by atoms with Crippen LogP contribution in [0, 0.1) is 0 Å². The highest BCUT2D eigenvalue weighted by atomic mass is 31.1. The van der Waals surface area contributed by atoms with Gasteiger partial charge in [0.1, 0.15) is 11.9 Å². The lowest BCUT2D eigenvalue weighted by molar-refractivity contribution is 0.221. The Hall–Kier alpha value is -3.71. The SMILES string of the molecule is CCCC(CC)(Pc1ccccc1C(O)c1ccccc1)c1cc(Cc2ccccc2)cc(Cc2ccccc2)c1O. The maximum absolute atomic E-state index is 12.0. The van der Waals surface area contributed by atoms with Crippen LogP contribution >= 0.6 is 8.58 Å². The summed E-state index contributed by atoms with van der Waals surface area (Å²) in [5.74, 6) is 0.416. The van der Waals surface area contributed by atoms with Gasteiger partial charge in [0.2, 0.25) is 0 Å². The third kappa shape index (κ3) is 6.84. The first-order chi connectivity index (χ1) is 20.5. The summed E-state index contributed by atoms with van der Waals surface area (Å²) in [5.41, 5.74) is 7.51. The average molecular weight is 573 g/mol. The largest absolute Gasteiger partial charge is 0.507 e. The number of hydrogen-bond acceptors (Lipinski definition) is 2. The van der Waals surface area contributed by atoms with E-state index in [1.165, 1.54) is 16.7 Å². The van der Waals surface area contributed by atoms with Gasteiger partial charge in [0.25, 0.3) is 0 Å². The molecule has 0 aromatic heterocycles. The molecule has 0 fully saturated rings. The summed E-state index contributed by atoms with van der Waals surface area (Å²) in [7, 11) is 0.392. The van der Waals surface area contributed by atoms with Crippen LogP contribution < -0.4 is 5.30 Å². The molecular formula is C39H41O2P. The number of phenolic OH excluding ortho intramolecular Hbond substituents is 1. The summed E-state index contributed by atoms with van der Waals surface area (Å²) in [6.07, 6.45) is 3.64. The molecule has 0 radical (unpaired) electrons. The van der Waals surface area contributed by atoms with Crippen LogP contribution in [0.15, 0.2) is 127 Å². The van der Waals surface area contributed by atoms with Crippen molar-refractivity contribution in [1.29, 1.82) is 0 Å². The van der Waals surface area contributed by atoms with Gasteiger partial charge in [0, 0.05) is 17.1 Å². The number of aliphatic hydroxyl groups is 1. The van der Waals surface area contributed by atoms with E-state index in [4.69, 9.17) is 0 Å². The summed E-state index contributed by atoms with van der Waals surface area (Å²) in [6.45, 7) is 4.48. The molecule has 0 aliphatic carbocycles. The Bertz CT molecular complexity index is 1570. The third-order valence-corrected chi connectivity index (χ3v) is 10.4. The van der Waals surface area contributed by atoms with Crippen molar-refractivity contribution in [2.24, 2.45) is 0 Å². The fourth-order valence-electron chi connectivity index (χ4n) is 6.08. The molecule has 3 atom stereocenters. The fraction of sp³-hybridized carbons (Fsp3) is 0.231. The second-order valence-electron chi connectivity index (χ2n) is 11.2.